The number of anilines is 2. The molecule has 0 heterocycles. The molecule has 0 radical (unpaired) electrons. The summed E-state index contributed by atoms with van der Waals surface area (Å²) in [5.74, 6) is 0.392. The minimum absolute atomic E-state index is 0.175. The van der Waals surface area contributed by atoms with E-state index in [0.717, 1.165) is 15.6 Å². The Morgan fingerprint density at radius 2 is 1.86 bits per heavy atom. The van der Waals surface area contributed by atoms with Crippen LogP contribution in [0.2, 0.25) is 0 Å². The summed E-state index contributed by atoms with van der Waals surface area (Å²) in [4.78, 5) is 12.9. The number of hydrogen-bond acceptors (Lipinski definition) is 4. The molecule has 0 saturated heterocycles. The van der Waals surface area contributed by atoms with Gasteiger partial charge in [0.15, 0.2) is 5.78 Å². The second kappa shape index (κ2) is 5.77. The molecule has 0 spiro atoms. The highest BCUT2D eigenvalue weighted by Gasteiger charge is 2.22. The van der Waals surface area contributed by atoms with Crippen molar-refractivity contribution in [1.29, 1.82) is 0 Å². The molecular formula is C16H17BrN2O2. The second-order valence-electron chi connectivity index (χ2n) is 4.88. The molecule has 4 N–H and O–H groups in total. The average Bonchev–Trinajstić information content (AvgIpc) is 2.41. The smallest absolute Gasteiger partial charge is 0.199 e. The second-order valence-corrected chi connectivity index (χ2v) is 5.74. The standard InChI is InChI=1S/C16H17BrN2O2/c1-8-6-12(17)9(2)14(16(8)21-3)15(20)11-5-4-10(18)7-13(11)19/h4-7H,18-19H2,1-3H3. The topological polar surface area (TPSA) is 78.3 Å². The van der Waals surface area contributed by atoms with Gasteiger partial charge in [0.1, 0.15) is 5.75 Å². The molecule has 2 rings (SSSR count). The number of benzene rings is 2. The summed E-state index contributed by atoms with van der Waals surface area (Å²) in [6.45, 7) is 3.76. The third kappa shape index (κ3) is 2.74. The molecule has 0 unspecified atom stereocenters. The molecule has 2 aromatic carbocycles. The number of ether oxygens (including phenoxy) is 1. The van der Waals surface area contributed by atoms with Crippen molar-refractivity contribution < 1.29 is 9.53 Å². The van der Waals surface area contributed by atoms with Crippen molar-refractivity contribution >= 4 is 33.1 Å². The number of hydrogen-bond donors (Lipinski definition) is 2. The maximum atomic E-state index is 12.9. The van der Waals surface area contributed by atoms with Gasteiger partial charge < -0.3 is 16.2 Å². The van der Waals surface area contributed by atoms with Crippen LogP contribution < -0.4 is 16.2 Å². The predicted octanol–water partition coefficient (Wildman–Crippen LogP) is 3.47. The zero-order valence-electron chi connectivity index (χ0n) is 12.2. The van der Waals surface area contributed by atoms with Crippen molar-refractivity contribution in [2.75, 3.05) is 18.6 Å². The Morgan fingerprint density at radius 1 is 1.19 bits per heavy atom. The first kappa shape index (κ1) is 15.4. The summed E-state index contributed by atoms with van der Waals surface area (Å²) in [5, 5.41) is 0. The number of nitrogen functional groups attached to an aromatic ring is 2. The van der Waals surface area contributed by atoms with Crippen molar-refractivity contribution in [1.82, 2.24) is 0 Å². The number of nitrogens with two attached hydrogens (primary N) is 2. The van der Waals surface area contributed by atoms with Crippen molar-refractivity contribution in [3.8, 4) is 5.75 Å². The van der Waals surface area contributed by atoms with E-state index in [2.05, 4.69) is 15.9 Å². The minimum Gasteiger partial charge on any atom is -0.496 e. The number of ketones is 1. The molecule has 0 amide bonds. The molecule has 4 nitrogen and oxygen atoms in total. The molecule has 2 aromatic rings. The van der Waals surface area contributed by atoms with Crippen LogP contribution in [0, 0.1) is 13.8 Å². The molecule has 0 fully saturated rings. The summed E-state index contributed by atoms with van der Waals surface area (Å²) < 4.78 is 6.27. The molecule has 0 aliphatic rings. The first-order chi connectivity index (χ1) is 9.86. The van der Waals surface area contributed by atoms with E-state index in [-0.39, 0.29) is 5.78 Å². The number of methoxy groups -OCH3 is 1. The number of carbonyl (C=O) groups is 1. The van der Waals surface area contributed by atoms with Crippen molar-refractivity contribution in [2.45, 2.75) is 13.8 Å². The van der Waals surface area contributed by atoms with Crippen molar-refractivity contribution in [3.05, 3.63) is 51.0 Å². The van der Waals surface area contributed by atoms with Gasteiger partial charge in [-0.25, -0.2) is 0 Å². The van der Waals surface area contributed by atoms with E-state index in [0.29, 0.717) is 28.3 Å². The lowest BCUT2D eigenvalue weighted by molar-refractivity contribution is 0.103. The third-order valence-corrected chi connectivity index (χ3v) is 4.24. The number of halogens is 1. The fraction of sp³-hybridized carbons (Fsp3) is 0.188. The van der Waals surface area contributed by atoms with Gasteiger partial charge in [0, 0.05) is 21.4 Å². The molecule has 0 bridgehead atoms. The molecular weight excluding hydrogens is 332 g/mol. The van der Waals surface area contributed by atoms with Gasteiger partial charge in [-0.3, -0.25) is 4.79 Å². The average molecular weight is 349 g/mol. The highest BCUT2D eigenvalue weighted by Crippen LogP contribution is 2.34. The lowest BCUT2D eigenvalue weighted by Crippen LogP contribution is -2.10. The molecule has 0 aliphatic heterocycles. The first-order valence-corrected chi connectivity index (χ1v) is 7.19. The van der Waals surface area contributed by atoms with E-state index in [9.17, 15) is 4.79 Å². The van der Waals surface area contributed by atoms with Gasteiger partial charge in [-0.1, -0.05) is 15.9 Å². The van der Waals surface area contributed by atoms with E-state index in [1.54, 1.807) is 25.3 Å². The zero-order valence-corrected chi connectivity index (χ0v) is 13.7. The zero-order chi connectivity index (χ0) is 15.7. The van der Waals surface area contributed by atoms with E-state index in [1.165, 1.54) is 0 Å². The molecule has 0 aromatic heterocycles. The maximum absolute atomic E-state index is 12.9. The summed E-state index contributed by atoms with van der Waals surface area (Å²) >= 11 is 3.47. The van der Waals surface area contributed by atoms with Crippen LogP contribution in [0.15, 0.2) is 28.7 Å². The predicted molar refractivity (Wildman–Crippen MR) is 88.9 cm³/mol. The van der Waals surface area contributed by atoms with E-state index in [4.69, 9.17) is 16.2 Å². The Kier molecular flexibility index (Phi) is 4.23. The van der Waals surface area contributed by atoms with Crippen LogP contribution in [0.3, 0.4) is 0 Å². The summed E-state index contributed by atoms with van der Waals surface area (Å²) in [5.41, 5.74) is 15.1. The van der Waals surface area contributed by atoms with Crippen LogP contribution in [-0.2, 0) is 0 Å². The van der Waals surface area contributed by atoms with Crippen LogP contribution in [-0.4, -0.2) is 12.9 Å². The molecule has 0 saturated carbocycles. The third-order valence-electron chi connectivity index (χ3n) is 3.41. The monoisotopic (exact) mass is 348 g/mol. The van der Waals surface area contributed by atoms with Gasteiger partial charge in [-0.15, -0.1) is 0 Å². The Morgan fingerprint density at radius 3 is 2.43 bits per heavy atom. The fourth-order valence-electron chi connectivity index (χ4n) is 2.31. The summed E-state index contributed by atoms with van der Waals surface area (Å²) in [6.07, 6.45) is 0. The Bertz CT molecular complexity index is 727. The largest absolute Gasteiger partial charge is 0.496 e. The Labute approximate surface area is 132 Å². The van der Waals surface area contributed by atoms with Gasteiger partial charge in [0.25, 0.3) is 0 Å². The quantitative estimate of drug-likeness (QED) is 0.657. The lowest BCUT2D eigenvalue weighted by atomic mass is 9.95. The van der Waals surface area contributed by atoms with Crippen LogP contribution >= 0.6 is 15.9 Å². The van der Waals surface area contributed by atoms with Gasteiger partial charge in [-0.05, 0) is 49.2 Å². The van der Waals surface area contributed by atoms with Gasteiger partial charge in [0.2, 0.25) is 0 Å². The van der Waals surface area contributed by atoms with Crippen LogP contribution in [0.4, 0.5) is 11.4 Å². The van der Waals surface area contributed by atoms with E-state index < -0.39 is 0 Å². The number of rotatable bonds is 3. The summed E-state index contributed by atoms with van der Waals surface area (Å²) in [6, 6.07) is 6.82. The Hall–Kier alpha value is -2.01. The van der Waals surface area contributed by atoms with Crippen LogP contribution in [0.25, 0.3) is 0 Å². The molecule has 21 heavy (non-hydrogen) atoms. The van der Waals surface area contributed by atoms with Gasteiger partial charge in [-0.2, -0.15) is 0 Å². The van der Waals surface area contributed by atoms with Gasteiger partial charge >= 0.3 is 0 Å². The maximum Gasteiger partial charge on any atom is 0.199 e. The van der Waals surface area contributed by atoms with Gasteiger partial charge in [0.05, 0.1) is 12.7 Å². The van der Waals surface area contributed by atoms with Crippen LogP contribution in [0.5, 0.6) is 5.75 Å². The van der Waals surface area contributed by atoms with Crippen molar-refractivity contribution in [2.24, 2.45) is 0 Å². The van der Waals surface area contributed by atoms with Crippen molar-refractivity contribution in [3.63, 3.8) is 0 Å². The molecule has 0 aliphatic carbocycles. The highest BCUT2D eigenvalue weighted by molar-refractivity contribution is 9.10. The SMILES string of the molecule is COc1c(C)cc(Br)c(C)c1C(=O)c1ccc(N)cc1N. The molecule has 0 atom stereocenters. The van der Waals surface area contributed by atoms with Crippen LogP contribution in [0.1, 0.15) is 27.0 Å². The molecule has 110 valence electrons. The number of aryl methyl sites for hydroxylation is 1. The fourth-order valence-corrected chi connectivity index (χ4v) is 2.85. The highest BCUT2D eigenvalue weighted by atomic mass is 79.9. The van der Waals surface area contributed by atoms with E-state index >= 15 is 0 Å². The lowest BCUT2D eigenvalue weighted by Gasteiger charge is -2.16. The van der Waals surface area contributed by atoms with E-state index in [1.807, 2.05) is 19.9 Å². The summed E-state index contributed by atoms with van der Waals surface area (Å²) in [7, 11) is 1.55. The Balaban J connectivity index is 2.68. The minimum atomic E-state index is -0.175. The first-order valence-electron chi connectivity index (χ1n) is 6.40. The molecule has 5 heteroatoms. The normalized spacial score (nSPS) is 10.5. The number of carbonyl (C=O) groups excluding carboxylic acids is 1.